The smallest absolute Gasteiger partial charge is 0.265 e. The Morgan fingerprint density at radius 2 is 1.79 bits per heavy atom. The van der Waals surface area contributed by atoms with Crippen molar-refractivity contribution in [2.24, 2.45) is 5.92 Å². The second-order valence-electron chi connectivity index (χ2n) is 8.09. The molecule has 3 rings (SSSR count). The molecule has 2 heterocycles. The van der Waals surface area contributed by atoms with Crippen LogP contribution in [0, 0.1) is 26.7 Å². The molecule has 1 fully saturated rings. The van der Waals surface area contributed by atoms with Crippen molar-refractivity contribution in [2.75, 3.05) is 26.2 Å². The van der Waals surface area contributed by atoms with Crippen LogP contribution in [-0.4, -0.2) is 54.7 Å². The third kappa shape index (κ3) is 4.70. The van der Waals surface area contributed by atoms with Gasteiger partial charge in [0.05, 0.1) is 15.6 Å². The number of aryl methyl sites for hydroxylation is 3. The molecule has 1 aromatic carbocycles. The fourth-order valence-electron chi connectivity index (χ4n) is 3.59. The van der Waals surface area contributed by atoms with E-state index in [1.54, 1.807) is 11.0 Å². The summed E-state index contributed by atoms with van der Waals surface area (Å²) in [5.41, 5.74) is 2.55. The molecule has 1 aromatic heterocycles. The maximum Gasteiger partial charge on any atom is 0.265 e. The van der Waals surface area contributed by atoms with Gasteiger partial charge in [-0.2, -0.15) is 4.31 Å². The SMILES string of the molecule is Cc1ccc(S(=O)(=O)N2CCN(C(=O)c3sc(CC(C)C)nc3C)CC2)c(C)c1. The third-order valence-corrected chi connectivity index (χ3v) is 8.32. The summed E-state index contributed by atoms with van der Waals surface area (Å²) in [5.74, 6) is 0.445. The summed E-state index contributed by atoms with van der Waals surface area (Å²) < 4.78 is 27.6. The molecular weight excluding hydrogens is 406 g/mol. The predicted octanol–water partition coefficient (Wildman–Crippen LogP) is 3.41. The lowest BCUT2D eigenvalue weighted by molar-refractivity contribution is 0.0702. The Hall–Kier alpha value is -1.77. The molecule has 0 radical (unpaired) electrons. The number of piperazine rings is 1. The van der Waals surface area contributed by atoms with Gasteiger partial charge in [0.1, 0.15) is 4.88 Å². The summed E-state index contributed by atoms with van der Waals surface area (Å²) in [6.45, 7) is 11.3. The van der Waals surface area contributed by atoms with Gasteiger partial charge < -0.3 is 4.90 Å². The van der Waals surface area contributed by atoms with Gasteiger partial charge in [0.15, 0.2) is 0 Å². The molecule has 0 spiro atoms. The normalized spacial score (nSPS) is 15.9. The van der Waals surface area contributed by atoms with Crippen LogP contribution in [-0.2, 0) is 16.4 Å². The van der Waals surface area contributed by atoms with Crippen molar-refractivity contribution >= 4 is 27.3 Å². The molecule has 8 heteroatoms. The largest absolute Gasteiger partial charge is 0.335 e. The first-order valence-electron chi connectivity index (χ1n) is 9.92. The van der Waals surface area contributed by atoms with Crippen LogP contribution >= 0.6 is 11.3 Å². The summed E-state index contributed by atoms with van der Waals surface area (Å²) in [4.78, 5) is 20.3. The number of amides is 1. The minimum atomic E-state index is -3.56. The highest BCUT2D eigenvalue weighted by molar-refractivity contribution is 7.89. The molecular formula is C21H29N3O3S2. The number of carbonyl (C=O) groups is 1. The fraction of sp³-hybridized carbons (Fsp3) is 0.524. The average molecular weight is 436 g/mol. The van der Waals surface area contributed by atoms with Crippen molar-refractivity contribution in [1.29, 1.82) is 0 Å². The number of sulfonamides is 1. The minimum Gasteiger partial charge on any atom is -0.335 e. The Morgan fingerprint density at radius 1 is 1.14 bits per heavy atom. The Balaban J connectivity index is 1.70. The lowest BCUT2D eigenvalue weighted by Gasteiger charge is -2.34. The molecule has 1 amide bonds. The van der Waals surface area contributed by atoms with E-state index in [9.17, 15) is 13.2 Å². The first-order chi connectivity index (χ1) is 13.6. The second-order valence-corrected chi connectivity index (χ2v) is 11.1. The second kappa shape index (κ2) is 8.53. The van der Waals surface area contributed by atoms with Gasteiger partial charge in [0.2, 0.25) is 10.0 Å². The van der Waals surface area contributed by atoms with Crippen LogP contribution in [0.4, 0.5) is 0 Å². The zero-order chi connectivity index (χ0) is 21.3. The molecule has 0 atom stereocenters. The molecule has 2 aromatic rings. The van der Waals surface area contributed by atoms with Gasteiger partial charge in [-0.15, -0.1) is 11.3 Å². The highest BCUT2D eigenvalue weighted by Crippen LogP contribution is 2.25. The maximum absolute atomic E-state index is 13.0. The van der Waals surface area contributed by atoms with E-state index >= 15 is 0 Å². The molecule has 1 aliphatic heterocycles. The minimum absolute atomic E-state index is 0.0430. The molecule has 0 saturated carbocycles. The first kappa shape index (κ1) is 21.9. The Kier molecular flexibility index (Phi) is 6.45. The van der Waals surface area contributed by atoms with Crippen LogP contribution in [0.2, 0.25) is 0 Å². The molecule has 158 valence electrons. The van der Waals surface area contributed by atoms with Gasteiger partial charge in [0, 0.05) is 32.6 Å². The van der Waals surface area contributed by atoms with Crippen molar-refractivity contribution in [1.82, 2.24) is 14.2 Å². The van der Waals surface area contributed by atoms with Gasteiger partial charge in [0.25, 0.3) is 5.91 Å². The fourth-order valence-corrected chi connectivity index (χ4v) is 6.46. The molecule has 0 aliphatic carbocycles. The van der Waals surface area contributed by atoms with E-state index in [0.717, 1.165) is 28.2 Å². The molecule has 29 heavy (non-hydrogen) atoms. The van der Waals surface area contributed by atoms with Crippen LogP contribution in [0.15, 0.2) is 23.1 Å². The van der Waals surface area contributed by atoms with E-state index in [-0.39, 0.29) is 5.91 Å². The first-order valence-corrected chi connectivity index (χ1v) is 12.2. The van der Waals surface area contributed by atoms with E-state index in [2.05, 4.69) is 18.8 Å². The summed E-state index contributed by atoms with van der Waals surface area (Å²) >= 11 is 1.46. The summed E-state index contributed by atoms with van der Waals surface area (Å²) in [7, 11) is -3.56. The van der Waals surface area contributed by atoms with Gasteiger partial charge >= 0.3 is 0 Å². The topological polar surface area (TPSA) is 70.6 Å². The highest BCUT2D eigenvalue weighted by Gasteiger charge is 2.32. The third-order valence-electron chi connectivity index (χ3n) is 5.09. The number of carbonyl (C=O) groups excluding carboxylic acids is 1. The maximum atomic E-state index is 13.0. The lowest BCUT2D eigenvalue weighted by atomic mass is 10.1. The standard InChI is InChI=1S/C21H29N3O3S2/c1-14(2)12-19-22-17(5)20(28-19)21(25)23-8-10-24(11-9-23)29(26,27)18-7-6-15(3)13-16(18)4/h6-7,13-14H,8-12H2,1-5H3. The summed E-state index contributed by atoms with van der Waals surface area (Å²) in [5, 5.41) is 0.983. The summed E-state index contributed by atoms with van der Waals surface area (Å²) in [6, 6.07) is 5.38. The van der Waals surface area contributed by atoms with E-state index < -0.39 is 10.0 Å². The van der Waals surface area contributed by atoms with Gasteiger partial charge in [-0.25, -0.2) is 13.4 Å². The molecule has 1 saturated heterocycles. The molecule has 0 bridgehead atoms. The van der Waals surface area contributed by atoms with E-state index in [1.165, 1.54) is 15.6 Å². The molecule has 0 N–H and O–H groups in total. The number of aromatic nitrogens is 1. The van der Waals surface area contributed by atoms with Crippen molar-refractivity contribution < 1.29 is 13.2 Å². The lowest BCUT2D eigenvalue weighted by Crippen LogP contribution is -2.50. The van der Waals surface area contributed by atoms with Crippen molar-refractivity contribution in [3.63, 3.8) is 0 Å². The predicted molar refractivity (Wildman–Crippen MR) is 116 cm³/mol. The quantitative estimate of drug-likeness (QED) is 0.722. The Labute approximate surface area is 177 Å². The number of nitrogens with zero attached hydrogens (tertiary/aromatic N) is 3. The van der Waals surface area contributed by atoms with Crippen LogP contribution in [0.3, 0.4) is 0 Å². The van der Waals surface area contributed by atoms with Crippen molar-refractivity contribution in [3.05, 3.63) is 44.9 Å². The van der Waals surface area contributed by atoms with Crippen LogP contribution in [0.5, 0.6) is 0 Å². The van der Waals surface area contributed by atoms with Crippen molar-refractivity contribution in [2.45, 2.75) is 45.9 Å². The van der Waals surface area contributed by atoms with E-state index in [1.807, 2.05) is 32.9 Å². The van der Waals surface area contributed by atoms with E-state index in [0.29, 0.717) is 41.9 Å². The summed E-state index contributed by atoms with van der Waals surface area (Å²) in [6.07, 6.45) is 0.862. The van der Waals surface area contributed by atoms with Gasteiger partial charge in [-0.3, -0.25) is 4.79 Å². The molecule has 1 aliphatic rings. The van der Waals surface area contributed by atoms with Gasteiger partial charge in [-0.1, -0.05) is 31.5 Å². The number of hydrogen-bond acceptors (Lipinski definition) is 5. The zero-order valence-corrected chi connectivity index (χ0v) is 19.4. The molecule has 6 nitrogen and oxygen atoms in total. The highest BCUT2D eigenvalue weighted by atomic mass is 32.2. The van der Waals surface area contributed by atoms with E-state index in [4.69, 9.17) is 0 Å². The van der Waals surface area contributed by atoms with Crippen molar-refractivity contribution in [3.8, 4) is 0 Å². The van der Waals surface area contributed by atoms with Crippen LogP contribution in [0.25, 0.3) is 0 Å². The average Bonchev–Trinajstić information content (AvgIpc) is 3.00. The molecule has 0 unspecified atom stereocenters. The number of rotatable bonds is 5. The van der Waals surface area contributed by atoms with Crippen LogP contribution < -0.4 is 0 Å². The monoisotopic (exact) mass is 435 g/mol. The number of hydrogen-bond donors (Lipinski definition) is 0. The Bertz CT molecular complexity index is 1000. The number of benzene rings is 1. The Morgan fingerprint density at radius 3 is 2.38 bits per heavy atom. The van der Waals surface area contributed by atoms with Crippen LogP contribution in [0.1, 0.15) is 45.3 Å². The number of thiazole rings is 1. The zero-order valence-electron chi connectivity index (χ0n) is 17.7. The van der Waals surface area contributed by atoms with Gasteiger partial charge in [-0.05, 0) is 38.3 Å².